The van der Waals surface area contributed by atoms with Crippen molar-refractivity contribution in [1.82, 2.24) is 0 Å². The molecule has 6 nitrogen and oxygen atoms in total. The van der Waals surface area contributed by atoms with Crippen molar-refractivity contribution in [2.24, 2.45) is 5.92 Å². The van der Waals surface area contributed by atoms with Crippen molar-refractivity contribution in [2.75, 3.05) is 25.1 Å². The van der Waals surface area contributed by atoms with E-state index in [1.807, 2.05) is 19.2 Å². The minimum Gasteiger partial charge on any atom is -0.490 e. The Morgan fingerprint density at radius 3 is 2.34 bits per heavy atom. The van der Waals surface area contributed by atoms with E-state index in [-0.39, 0.29) is 5.56 Å². The van der Waals surface area contributed by atoms with Crippen molar-refractivity contribution in [3.8, 4) is 11.5 Å². The lowest BCUT2D eigenvalue weighted by atomic mass is 10.2. The lowest BCUT2D eigenvalue weighted by Crippen LogP contribution is -2.22. The van der Waals surface area contributed by atoms with Gasteiger partial charge in [-0.1, -0.05) is 19.9 Å². The van der Waals surface area contributed by atoms with Gasteiger partial charge < -0.3 is 19.5 Å². The number of halogens is 2. The lowest BCUT2D eigenvalue weighted by Gasteiger charge is -2.14. The van der Waals surface area contributed by atoms with Crippen molar-refractivity contribution in [1.29, 1.82) is 0 Å². The maximum atomic E-state index is 13.6. The summed E-state index contributed by atoms with van der Waals surface area (Å²) < 4.78 is 43.2. The molecule has 0 radical (unpaired) electrons. The van der Waals surface area contributed by atoms with E-state index in [0.717, 1.165) is 12.1 Å². The van der Waals surface area contributed by atoms with Crippen LogP contribution >= 0.6 is 0 Å². The number of hydrogen-bond acceptors (Lipinski definition) is 5. The minimum atomic E-state index is -0.928. The normalized spacial score (nSPS) is 10.6. The fraction of sp³-hybridized carbons (Fsp3) is 0.333. The molecule has 0 aliphatic heterocycles. The van der Waals surface area contributed by atoms with Gasteiger partial charge in [0.15, 0.2) is 18.1 Å². The van der Waals surface area contributed by atoms with Crippen molar-refractivity contribution < 1.29 is 32.6 Å². The average Bonchev–Trinajstić information content (AvgIpc) is 2.68. The Balaban J connectivity index is 2.00. The summed E-state index contributed by atoms with van der Waals surface area (Å²) in [5.41, 5.74) is -0.450. The standard InChI is InChI=1S/C21H23F2NO5/c1-4-27-18-10-14(8-9-17(18)28-11-13(2)3)21(26)29-12-19(25)24-20-15(22)6-5-7-16(20)23/h5-10,13H,4,11-12H2,1-3H3,(H,24,25). The van der Waals surface area contributed by atoms with Gasteiger partial charge in [-0.3, -0.25) is 4.79 Å². The van der Waals surface area contributed by atoms with E-state index in [4.69, 9.17) is 14.2 Å². The Bertz CT molecular complexity index is 850. The van der Waals surface area contributed by atoms with Crippen LogP contribution in [-0.4, -0.2) is 31.7 Å². The van der Waals surface area contributed by atoms with Gasteiger partial charge in [0.1, 0.15) is 17.3 Å². The van der Waals surface area contributed by atoms with Gasteiger partial charge >= 0.3 is 5.97 Å². The van der Waals surface area contributed by atoms with Crippen molar-refractivity contribution in [2.45, 2.75) is 20.8 Å². The largest absolute Gasteiger partial charge is 0.490 e. The Kier molecular flexibility index (Phi) is 7.94. The molecule has 0 spiro atoms. The van der Waals surface area contributed by atoms with Crippen LogP contribution in [0.4, 0.5) is 14.5 Å². The van der Waals surface area contributed by atoms with E-state index in [1.165, 1.54) is 18.2 Å². The number of hydrogen-bond donors (Lipinski definition) is 1. The van der Waals surface area contributed by atoms with E-state index < -0.39 is 35.8 Å². The molecule has 0 aliphatic rings. The summed E-state index contributed by atoms with van der Waals surface area (Å²) in [6, 6.07) is 7.69. The summed E-state index contributed by atoms with van der Waals surface area (Å²) in [6.45, 7) is 5.95. The van der Waals surface area contributed by atoms with Gasteiger partial charge in [0, 0.05) is 0 Å². The van der Waals surface area contributed by atoms with Crippen LogP contribution in [0.15, 0.2) is 36.4 Å². The van der Waals surface area contributed by atoms with Crippen LogP contribution in [0.25, 0.3) is 0 Å². The Labute approximate surface area is 167 Å². The van der Waals surface area contributed by atoms with Gasteiger partial charge in [0.25, 0.3) is 5.91 Å². The first-order valence-electron chi connectivity index (χ1n) is 9.12. The van der Waals surface area contributed by atoms with E-state index in [1.54, 1.807) is 13.0 Å². The number of esters is 1. The molecule has 0 aliphatic carbocycles. The first-order chi connectivity index (χ1) is 13.8. The molecule has 0 atom stereocenters. The second kappa shape index (κ2) is 10.4. The van der Waals surface area contributed by atoms with Crippen LogP contribution in [0.1, 0.15) is 31.1 Å². The van der Waals surface area contributed by atoms with Crippen molar-refractivity contribution in [3.63, 3.8) is 0 Å². The minimum absolute atomic E-state index is 0.148. The van der Waals surface area contributed by atoms with E-state index >= 15 is 0 Å². The first-order valence-corrected chi connectivity index (χ1v) is 9.12. The molecule has 0 aromatic heterocycles. The van der Waals surface area contributed by atoms with Crippen LogP contribution in [-0.2, 0) is 9.53 Å². The predicted molar refractivity (Wildman–Crippen MR) is 103 cm³/mol. The SMILES string of the molecule is CCOc1cc(C(=O)OCC(=O)Nc2c(F)cccc2F)ccc1OCC(C)C. The monoisotopic (exact) mass is 407 g/mol. The van der Waals surface area contributed by atoms with E-state index in [0.29, 0.717) is 30.6 Å². The molecular formula is C21H23F2NO5. The quantitative estimate of drug-likeness (QED) is 0.631. The molecule has 0 unspecified atom stereocenters. The van der Waals surface area contributed by atoms with Crippen molar-refractivity contribution >= 4 is 17.6 Å². The fourth-order valence-corrected chi connectivity index (χ4v) is 2.29. The number of carbonyl (C=O) groups is 2. The summed E-state index contributed by atoms with van der Waals surface area (Å²) >= 11 is 0. The number of para-hydroxylation sites is 1. The number of ether oxygens (including phenoxy) is 3. The van der Waals surface area contributed by atoms with Gasteiger partial charge in [-0.25, -0.2) is 13.6 Å². The second-order valence-electron chi connectivity index (χ2n) is 6.52. The number of benzene rings is 2. The zero-order valence-corrected chi connectivity index (χ0v) is 16.5. The molecule has 1 N–H and O–H groups in total. The molecule has 156 valence electrons. The average molecular weight is 407 g/mol. The lowest BCUT2D eigenvalue weighted by molar-refractivity contribution is -0.119. The first kappa shape index (κ1) is 22.1. The smallest absolute Gasteiger partial charge is 0.338 e. The molecule has 1 amide bonds. The van der Waals surface area contributed by atoms with Gasteiger partial charge in [0.2, 0.25) is 0 Å². The van der Waals surface area contributed by atoms with Gasteiger partial charge in [0.05, 0.1) is 18.8 Å². The van der Waals surface area contributed by atoms with Crippen LogP contribution in [0.3, 0.4) is 0 Å². The zero-order valence-electron chi connectivity index (χ0n) is 16.5. The summed E-state index contributed by atoms with van der Waals surface area (Å²) in [5, 5.41) is 2.04. The Morgan fingerprint density at radius 1 is 1.03 bits per heavy atom. The number of anilines is 1. The number of amides is 1. The fourth-order valence-electron chi connectivity index (χ4n) is 2.29. The summed E-state index contributed by atoms with van der Waals surface area (Å²) in [4.78, 5) is 24.1. The topological polar surface area (TPSA) is 73.9 Å². The summed E-state index contributed by atoms with van der Waals surface area (Å²) in [6.07, 6.45) is 0. The van der Waals surface area contributed by atoms with Crippen LogP contribution < -0.4 is 14.8 Å². The number of nitrogens with one attached hydrogen (secondary N) is 1. The van der Waals surface area contributed by atoms with Gasteiger partial charge in [-0.2, -0.15) is 0 Å². The summed E-state index contributed by atoms with van der Waals surface area (Å²) in [5.74, 6) is -2.34. The molecular weight excluding hydrogens is 384 g/mol. The number of rotatable bonds is 9. The van der Waals surface area contributed by atoms with Gasteiger partial charge in [-0.15, -0.1) is 0 Å². The third-order valence-electron chi connectivity index (χ3n) is 3.61. The molecule has 0 saturated heterocycles. The van der Waals surface area contributed by atoms with E-state index in [2.05, 4.69) is 0 Å². The van der Waals surface area contributed by atoms with Crippen LogP contribution in [0, 0.1) is 17.6 Å². The maximum absolute atomic E-state index is 13.6. The zero-order chi connectivity index (χ0) is 21.4. The molecule has 0 bridgehead atoms. The second-order valence-corrected chi connectivity index (χ2v) is 6.52. The molecule has 0 saturated carbocycles. The van der Waals surface area contributed by atoms with Crippen LogP contribution in [0.2, 0.25) is 0 Å². The summed E-state index contributed by atoms with van der Waals surface area (Å²) in [7, 11) is 0. The van der Waals surface area contributed by atoms with Gasteiger partial charge in [-0.05, 0) is 43.2 Å². The predicted octanol–water partition coefficient (Wildman–Crippen LogP) is 4.19. The highest BCUT2D eigenvalue weighted by atomic mass is 19.1. The molecule has 29 heavy (non-hydrogen) atoms. The molecule has 2 aromatic carbocycles. The number of carbonyl (C=O) groups excluding carboxylic acids is 2. The molecule has 8 heteroatoms. The molecule has 2 aromatic rings. The molecule has 2 rings (SSSR count). The van der Waals surface area contributed by atoms with E-state index in [9.17, 15) is 18.4 Å². The Morgan fingerprint density at radius 2 is 1.72 bits per heavy atom. The molecule has 0 fully saturated rings. The maximum Gasteiger partial charge on any atom is 0.338 e. The molecule has 0 heterocycles. The van der Waals surface area contributed by atoms with Crippen LogP contribution in [0.5, 0.6) is 11.5 Å². The third kappa shape index (κ3) is 6.44. The highest BCUT2D eigenvalue weighted by Gasteiger charge is 2.16. The highest BCUT2D eigenvalue weighted by molar-refractivity contribution is 5.95. The highest BCUT2D eigenvalue weighted by Crippen LogP contribution is 2.29. The van der Waals surface area contributed by atoms with Crippen molar-refractivity contribution in [3.05, 3.63) is 53.6 Å². The third-order valence-corrected chi connectivity index (χ3v) is 3.61. The Hall–Kier alpha value is -3.16.